The van der Waals surface area contributed by atoms with E-state index in [0.717, 1.165) is 28.2 Å². The molecule has 0 unspecified atom stereocenters. The van der Waals surface area contributed by atoms with Gasteiger partial charge < -0.3 is 14.8 Å². The molecule has 3 rings (SSSR count). The predicted octanol–water partition coefficient (Wildman–Crippen LogP) is 3.94. The average Bonchev–Trinajstić information content (AvgIpc) is 3.01. The molecule has 0 saturated heterocycles. The van der Waals surface area contributed by atoms with Crippen LogP contribution in [0.15, 0.2) is 53.2 Å². The van der Waals surface area contributed by atoms with Crippen LogP contribution in [0.5, 0.6) is 11.5 Å². The summed E-state index contributed by atoms with van der Waals surface area (Å²) in [4.78, 5) is 16.8. The largest absolute Gasteiger partial charge is 0.497 e. The Balaban J connectivity index is 1.81. The van der Waals surface area contributed by atoms with Gasteiger partial charge in [0.1, 0.15) is 23.0 Å². The van der Waals surface area contributed by atoms with Gasteiger partial charge in [-0.15, -0.1) is 0 Å². The Morgan fingerprint density at radius 2 is 1.81 bits per heavy atom. The van der Waals surface area contributed by atoms with Gasteiger partial charge in [0.15, 0.2) is 0 Å². The number of nitrogens with one attached hydrogen (secondary N) is 1. The van der Waals surface area contributed by atoms with Crippen molar-refractivity contribution in [1.29, 1.82) is 0 Å². The topological polar surface area (TPSA) is 59.9 Å². The van der Waals surface area contributed by atoms with E-state index in [0.29, 0.717) is 23.9 Å². The summed E-state index contributed by atoms with van der Waals surface area (Å²) in [7, 11) is 3.30. The van der Waals surface area contributed by atoms with Crippen molar-refractivity contribution in [3.8, 4) is 11.5 Å². The number of hydrogen-bond acceptors (Lipinski definition) is 4. The van der Waals surface area contributed by atoms with E-state index >= 15 is 0 Å². The number of carbonyl (C=O) groups is 1. The highest BCUT2D eigenvalue weighted by atomic mass is 16.5. The third-order valence-corrected chi connectivity index (χ3v) is 4.46. The Morgan fingerprint density at radius 3 is 2.44 bits per heavy atom. The molecule has 0 aliphatic carbocycles. The highest BCUT2D eigenvalue weighted by Crippen LogP contribution is 2.28. The highest BCUT2D eigenvalue weighted by Gasteiger charge is 2.20. The van der Waals surface area contributed by atoms with Gasteiger partial charge >= 0.3 is 0 Å². The molecule has 1 heterocycles. The normalized spacial score (nSPS) is 15.1. The number of hydrogen-bond donors (Lipinski definition) is 1. The monoisotopic (exact) mass is 364 g/mol. The maximum absolute atomic E-state index is 12.3. The van der Waals surface area contributed by atoms with Crippen molar-refractivity contribution >= 4 is 17.8 Å². The van der Waals surface area contributed by atoms with Gasteiger partial charge in [0.05, 0.1) is 14.2 Å². The zero-order chi connectivity index (χ0) is 19.4. The zero-order valence-electron chi connectivity index (χ0n) is 16.1. The third kappa shape index (κ3) is 4.37. The molecule has 0 saturated carbocycles. The SMILES string of the molecule is COc1ccc(CC2=N/C(=C/c3ccc(OC)c(C(C)C)c3)C(=O)N2)cc1. The summed E-state index contributed by atoms with van der Waals surface area (Å²) >= 11 is 0. The fraction of sp³-hybridized carbons (Fsp3) is 0.273. The highest BCUT2D eigenvalue weighted by molar-refractivity contribution is 6.14. The summed E-state index contributed by atoms with van der Waals surface area (Å²) < 4.78 is 10.6. The minimum atomic E-state index is -0.180. The van der Waals surface area contributed by atoms with Gasteiger partial charge in [-0.1, -0.05) is 32.0 Å². The van der Waals surface area contributed by atoms with E-state index in [1.165, 1.54) is 0 Å². The van der Waals surface area contributed by atoms with Gasteiger partial charge in [-0.3, -0.25) is 4.79 Å². The molecule has 140 valence electrons. The molecule has 5 nitrogen and oxygen atoms in total. The maximum Gasteiger partial charge on any atom is 0.275 e. The number of amides is 1. The standard InChI is InChI=1S/C22H24N2O3/c1-14(2)18-11-16(7-10-20(18)27-4)12-19-22(25)24-21(23-19)13-15-5-8-17(26-3)9-6-15/h5-12,14H,13H2,1-4H3,(H,23,24,25)/b19-12+. The van der Waals surface area contributed by atoms with Crippen molar-refractivity contribution in [1.82, 2.24) is 5.32 Å². The van der Waals surface area contributed by atoms with E-state index in [2.05, 4.69) is 24.2 Å². The first-order chi connectivity index (χ1) is 13.0. The minimum absolute atomic E-state index is 0.180. The van der Waals surface area contributed by atoms with Crippen molar-refractivity contribution in [2.24, 2.45) is 4.99 Å². The quantitative estimate of drug-likeness (QED) is 0.790. The summed E-state index contributed by atoms with van der Waals surface area (Å²) in [6.45, 7) is 4.23. The van der Waals surface area contributed by atoms with Crippen LogP contribution in [0, 0.1) is 0 Å². The van der Waals surface area contributed by atoms with E-state index in [9.17, 15) is 4.79 Å². The summed E-state index contributed by atoms with van der Waals surface area (Å²) in [5, 5.41) is 2.85. The second-order valence-electron chi connectivity index (χ2n) is 6.72. The van der Waals surface area contributed by atoms with Gasteiger partial charge in [0.2, 0.25) is 0 Å². The van der Waals surface area contributed by atoms with Crippen molar-refractivity contribution < 1.29 is 14.3 Å². The van der Waals surface area contributed by atoms with Crippen LogP contribution in [-0.4, -0.2) is 26.0 Å². The first-order valence-electron chi connectivity index (χ1n) is 8.91. The molecule has 0 atom stereocenters. The van der Waals surface area contributed by atoms with Gasteiger partial charge in [0.25, 0.3) is 5.91 Å². The molecule has 5 heteroatoms. The van der Waals surface area contributed by atoms with Gasteiger partial charge in [-0.25, -0.2) is 4.99 Å². The first kappa shape index (κ1) is 18.7. The number of ether oxygens (including phenoxy) is 2. The molecule has 1 aliphatic heterocycles. The minimum Gasteiger partial charge on any atom is -0.497 e. The Labute approximate surface area is 159 Å². The number of methoxy groups -OCH3 is 2. The van der Waals surface area contributed by atoms with Crippen LogP contribution in [0.2, 0.25) is 0 Å². The molecule has 1 amide bonds. The van der Waals surface area contributed by atoms with E-state index < -0.39 is 0 Å². The van der Waals surface area contributed by atoms with Crippen molar-refractivity contribution in [2.75, 3.05) is 14.2 Å². The first-order valence-corrected chi connectivity index (χ1v) is 8.91. The van der Waals surface area contributed by atoms with Crippen LogP contribution < -0.4 is 14.8 Å². The molecule has 0 radical (unpaired) electrons. The number of rotatable bonds is 6. The summed E-state index contributed by atoms with van der Waals surface area (Å²) in [5.41, 5.74) is 3.51. The Bertz CT molecular complexity index is 896. The fourth-order valence-electron chi connectivity index (χ4n) is 2.99. The average molecular weight is 364 g/mol. The van der Waals surface area contributed by atoms with Gasteiger partial charge in [-0.05, 0) is 52.9 Å². The lowest BCUT2D eigenvalue weighted by Gasteiger charge is -2.12. The molecule has 2 aromatic carbocycles. The van der Waals surface area contributed by atoms with E-state index in [-0.39, 0.29) is 5.91 Å². The summed E-state index contributed by atoms with van der Waals surface area (Å²) in [6.07, 6.45) is 2.37. The summed E-state index contributed by atoms with van der Waals surface area (Å²) in [5.74, 6) is 2.45. The molecule has 0 aromatic heterocycles. The fourth-order valence-corrected chi connectivity index (χ4v) is 2.99. The third-order valence-electron chi connectivity index (χ3n) is 4.46. The van der Waals surface area contributed by atoms with Crippen LogP contribution in [0.25, 0.3) is 6.08 Å². The van der Waals surface area contributed by atoms with E-state index in [4.69, 9.17) is 9.47 Å². The van der Waals surface area contributed by atoms with Crippen LogP contribution >= 0.6 is 0 Å². The molecule has 2 aromatic rings. The molecule has 0 spiro atoms. The van der Waals surface area contributed by atoms with Crippen LogP contribution in [0.1, 0.15) is 36.5 Å². The number of benzene rings is 2. The Morgan fingerprint density at radius 1 is 1.07 bits per heavy atom. The molecular formula is C22H24N2O3. The predicted molar refractivity (Wildman–Crippen MR) is 107 cm³/mol. The number of carbonyl (C=O) groups excluding carboxylic acids is 1. The Hall–Kier alpha value is -3.08. The van der Waals surface area contributed by atoms with E-state index in [1.807, 2.05) is 48.5 Å². The smallest absolute Gasteiger partial charge is 0.275 e. The molecule has 1 aliphatic rings. The molecule has 1 N–H and O–H groups in total. The van der Waals surface area contributed by atoms with Crippen LogP contribution in [0.3, 0.4) is 0 Å². The van der Waals surface area contributed by atoms with E-state index in [1.54, 1.807) is 14.2 Å². The van der Waals surface area contributed by atoms with Gasteiger partial charge in [0, 0.05) is 6.42 Å². The second-order valence-corrected chi connectivity index (χ2v) is 6.72. The van der Waals surface area contributed by atoms with Crippen molar-refractivity contribution in [3.05, 3.63) is 64.9 Å². The van der Waals surface area contributed by atoms with Crippen molar-refractivity contribution in [2.45, 2.75) is 26.2 Å². The second kappa shape index (κ2) is 8.08. The lowest BCUT2D eigenvalue weighted by Crippen LogP contribution is -2.25. The van der Waals surface area contributed by atoms with Crippen LogP contribution in [-0.2, 0) is 11.2 Å². The number of nitrogens with zero attached hydrogens (tertiary/aromatic N) is 1. The number of amidine groups is 1. The number of aliphatic imine (C=N–C) groups is 1. The Kier molecular flexibility index (Phi) is 5.60. The molecule has 27 heavy (non-hydrogen) atoms. The molecule has 0 bridgehead atoms. The lowest BCUT2D eigenvalue weighted by molar-refractivity contribution is -0.115. The van der Waals surface area contributed by atoms with Crippen LogP contribution in [0.4, 0.5) is 0 Å². The molecule has 0 fully saturated rings. The molecular weight excluding hydrogens is 340 g/mol. The zero-order valence-corrected chi connectivity index (χ0v) is 16.1. The maximum atomic E-state index is 12.3. The van der Waals surface area contributed by atoms with Crippen molar-refractivity contribution in [3.63, 3.8) is 0 Å². The van der Waals surface area contributed by atoms with Gasteiger partial charge in [-0.2, -0.15) is 0 Å². The lowest BCUT2D eigenvalue weighted by atomic mass is 9.99. The summed E-state index contributed by atoms with van der Waals surface area (Å²) in [6, 6.07) is 13.6.